The van der Waals surface area contributed by atoms with Gasteiger partial charge in [-0.15, -0.1) is 0 Å². The van der Waals surface area contributed by atoms with Gasteiger partial charge in [0, 0.05) is 17.8 Å². The highest BCUT2D eigenvalue weighted by Crippen LogP contribution is 2.26. The summed E-state index contributed by atoms with van der Waals surface area (Å²) < 4.78 is 5.19. The molecule has 1 aliphatic carbocycles. The normalized spacial score (nSPS) is 12.9. The third-order valence-corrected chi connectivity index (χ3v) is 3.06. The van der Waals surface area contributed by atoms with Crippen molar-refractivity contribution in [1.29, 1.82) is 0 Å². The van der Waals surface area contributed by atoms with Gasteiger partial charge >= 0.3 is 0 Å². The van der Waals surface area contributed by atoms with Gasteiger partial charge in [-0.3, -0.25) is 0 Å². The summed E-state index contributed by atoms with van der Waals surface area (Å²) in [5.41, 5.74) is 7.28. The minimum absolute atomic E-state index is 0.503. The van der Waals surface area contributed by atoms with Crippen LogP contribution >= 0.6 is 22.6 Å². The van der Waals surface area contributed by atoms with E-state index in [-0.39, 0.29) is 0 Å². The fraction of sp³-hybridized carbons (Fsp3) is 0.333. The number of nitrogens with one attached hydrogen (secondary N) is 2. The molecule has 4 N–H and O–H groups in total. The van der Waals surface area contributed by atoms with Gasteiger partial charge in [-0.1, -0.05) is 28.7 Å². The molecule has 1 heterocycles. The van der Waals surface area contributed by atoms with Crippen LogP contribution in [0.2, 0.25) is 0 Å². The largest absolute Gasteiger partial charge is 0.497 e. The number of rotatable bonds is 5. The average molecular weight is 413 g/mol. The van der Waals surface area contributed by atoms with Gasteiger partial charge in [0.05, 0.1) is 19.0 Å². The summed E-state index contributed by atoms with van der Waals surface area (Å²) in [6, 6.07) is 8.10. The lowest BCUT2D eigenvalue weighted by molar-refractivity contribution is 0.415. The van der Waals surface area contributed by atoms with E-state index in [0.717, 1.165) is 11.4 Å². The number of ether oxygens (including phenoxy) is 1. The van der Waals surface area contributed by atoms with Crippen molar-refractivity contribution in [3.8, 4) is 5.75 Å². The first kappa shape index (κ1) is 16.6. The Bertz CT molecular complexity index is 619. The van der Waals surface area contributed by atoms with Crippen molar-refractivity contribution in [1.82, 2.24) is 9.97 Å². The predicted octanol–water partition coefficient (Wildman–Crippen LogP) is 3.44. The van der Waals surface area contributed by atoms with Crippen molar-refractivity contribution < 1.29 is 4.74 Å². The SMILES string of the molecule is CI.COc1cccc(Nc2nc(NC3CC3)ncc2N)c1. The summed E-state index contributed by atoms with van der Waals surface area (Å²) in [6.07, 6.45) is 3.96. The number of anilines is 4. The van der Waals surface area contributed by atoms with Gasteiger partial charge < -0.3 is 21.1 Å². The Morgan fingerprint density at radius 3 is 2.77 bits per heavy atom. The van der Waals surface area contributed by atoms with Gasteiger partial charge in [0.2, 0.25) is 5.95 Å². The number of alkyl halides is 1. The van der Waals surface area contributed by atoms with Crippen LogP contribution in [-0.4, -0.2) is 28.1 Å². The maximum absolute atomic E-state index is 5.91. The van der Waals surface area contributed by atoms with Crippen LogP contribution in [0.1, 0.15) is 12.8 Å². The summed E-state index contributed by atoms with van der Waals surface area (Å²) in [5, 5.41) is 6.43. The van der Waals surface area contributed by atoms with E-state index in [1.165, 1.54) is 12.8 Å². The molecule has 118 valence electrons. The minimum Gasteiger partial charge on any atom is -0.497 e. The van der Waals surface area contributed by atoms with Crippen molar-refractivity contribution >= 4 is 45.7 Å². The van der Waals surface area contributed by atoms with Crippen LogP contribution in [0.3, 0.4) is 0 Å². The number of methoxy groups -OCH3 is 1. The molecule has 1 aromatic carbocycles. The summed E-state index contributed by atoms with van der Waals surface area (Å²) in [5.74, 6) is 1.97. The first-order valence-corrected chi connectivity index (χ1v) is 9.08. The summed E-state index contributed by atoms with van der Waals surface area (Å²) in [6.45, 7) is 0. The van der Waals surface area contributed by atoms with E-state index in [0.29, 0.717) is 23.5 Å². The average Bonchev–Trinajstić information content (AvgIpc) is 3.37. The standard InChI is InChI=1S/C14H17N5O.CH3I/c1-20-11-4-2-3-10(7-11)17-13-12(15)8-16-14(19-13)18-9-5-6-9;1-2/h2-4,7-9H,5-6,15H2,1H3,(H2,16,17,18,19);1H3. The molecular formula is C15H20IN5O. The van der Waals surface area contributed by atoms with E-state index in [4.69, 9.17) is 10.5 Å². The first-order chi connectivity index (χ1) is 10.7. The zero-order chi connectivity index (χ0) is 15.9. The Balaban J connectivity index is 0.000000847. The van der Waals surface area contributed by atoms with Crippen LogP contribution in [0.15, 0.2) is 30.5 Å². The van der Waals surface area contributed by atoms with Crippen LogP contribution in [0.5, 0.6) is 5.75 Å². The third kappa shape index (κ3) is 4.62. The maximum Gasteiger partial charge on any atom is 0.224 e. The number of halogens is 1. The van der Waals surface area contributed by atoms with Gasteiger partial charge in [0.25, 0.3) is 0 Å². The highest BCUT2D eigenvalue weighted by molar-refractivity contribution is 14.1. The monoisotopic (exact) mass is 413 g/mol. The van der Waals surface area contributed by atoms with Crippen molar-refractivity contribution in [3.05, 3.63) is 30.5 Å². The number of hydrogen-bond donors (Lipinski definition) is 3. The lowest BCUT2D eigenvalue weighted by atomic mass is 10.3. The molecular weight excluding hydrogens is 393 g/mol. The molecule has 1 aromatic heterocycles. The lowest BCUT2D eigenvalue weighted by Crippen LogP contribution is -2.08. The molecule has 1 aliphatic rings. The second kappa shape index (κ2) is 8.02. The Labute approximate surface area is 144 Å². The minimum atomic E-state index is 0.503. The number of nitrogens with zero attached hydrogens (tertiary/aromatic N) is 2. The zero-order valence-corrected chi connectivity index (χ0v) is 14.8. The van der Waals surface area contributed by atoms with E-state index in [9.17, 15) is 0 Å². The van der Waals surface area contributed by atoms with Crippen LogP contribution < -0.4 is 21.1 Å². The highest BCUT2D eigenvalue weighted by Gasteiger charge is 2.22. The molecule has 0 spiro atoms. The van der Waals surface area contributed by atoms with Gasteiger partial charge in [-0.05, 0) is 29.9 Å². The smallest absolute Gasteiger partial charge is 0.224 e. The van der Waals surface area contributed by atoms with Crippen molar-refractivity contribution in [2.24, 2.45) is 0 Å². The van der Waals surface area contributed by atoms with Crippen LogP contribution in [-0.2, 0) is 0 Å². The van der Waals surface area contributed by atoms with Gasteiger partial charge in [-0.2, -0.15) is 4.98 Å². The van der Waals surface area contributed by atoms with Crippen LogP contribution in [0.25, 0.3) is 0 Å². The number of benzene rings is 1. The molecule has 0 atom stereocenters. The molecule has 1 fully saturated rings. The molecule has 6 nitrogen and oxygen atoms in total. The second-order valence-electron chi connectivity index (χ2n) is 4.77. The molecule has 7 heteroatoms. The van der Waals surface area contributed by atoms with Crippen molar-refractivity contribution in [2.75, 3.05) is 28.4 Å². The van der Waals surface area contributed by atoms with Gasteiger partial charge in [0.1, 0.15) is 5.75 Å². The lowest BCUT2D eigenvalue weighted by Gasteiger charge is -2.11. The molecule has 3 rings (SSSR count). The highest BCUT2D eigenvalue weighted by atomic mass is 127. The van der Waals surface area contributed by atoms with E-state index < -0.39 is 0 Å². The van der Waals surface area contributed by atoms with Crippen LogP contribution in [0, 0.1) is 0 Å². The van der Waals surface area contributed by atoms with Crippen molar-refractivity contribution in [3.63, 3.8) is 0 Å². The van der Waals surface area contributed by atoms with E-state index in [1.54, 1.807) is 13.3 Å². The van der Waals surface area contributed by atoms with Gasteiger partial charge in [-0.25, -0.2) is 4.98 Å². The topological polar surface area (TPSA) is 85.1 Å². The quantitative estimate of drug-likeness (QED) is 0.515. The fourth-order valence-electron chi connectivity index (χ4n) is 1.81. The van der Waals surface area contributed by atoms with Crippen LogP contribution in [0.4, 0.5) is 23.1 Å². The molecule has 0 saturated heterocycles. The third-order valence-electron chi connectivity index (χ3n) is 3.06. The van der Waals surface area contributed by atoms with E-state index >= 15 is 0 Å². The number of hydrogen-bond acceptors (Lipinski definition) is 6. The Morgan fingerprint density at radius 1 is 1.32 bits per heavy atom. The molecule has 2 aromatic rings. The summed E-state index contributed by atoms with van der Waals surface area (Å²) in [7, 11) is 1.63. The molecule has 0 aliphatic heterocycles. The van der Waals surface area contributed by atoms with E-state index in [1.807, 2.05) is 29.2 Å². The fourth-order valence-corrected chi connectivity index (χ4v) is 1.81. The number of nitrogen functional groups attached to an aromatic ring is 1. The number of nitrogens with two attached hydrogens (primary N) is 1. The first-order valence-electron chi connectivity index (χ1n) is 6.92. The molecule has 0 radical (unpaired) electrons. The van der Waals surface area contributed by atoms with E-state index in [2.05, 4.69) is 43.2 Å². The summed E-state index contributed by atoms with van der Waals surface area (Å²) >= 11 is 2.15. The Hall–Kier alpha value is -1.77. The Kier molecular flexibility index (Phi) is 6.05. The summed E-state index contributed by atoms with van der Waals surface area (Å²) in [4.78, 5) is 10.6. The zero-order valence-electron chi connectivity index (χ0n) is 12.6. The predicted molar refractivity (Wildman–Crippen MR) is 99.3 cm³/mol. The molecule has 1 saturated carbocycles. The number of aromatic nitrogens is 2. The molecule has 0 amide bonds. The molecule has 0 unspecified atom stereocenters. The second-order valence-corrected chi connectivity index (χ2v) is 4.77. The molecule has 22 heavy (non-hydrogen) atoms. The van der Waals surface area contributed by atoms with Gasteiger partial charge in [0.15, 0.2) is 5.82 Å². The maximum atomic E-state index is 5.91. The molecule has 0 bridgehead atoms. The van der Waals surface area contributed by atoms with Crippen molar-refractivity contribution in [2.45, 2.75) is 18.9 Å². The Morgan fingerprint density at radius 2 is 2.09 bits per heavy atom.